The summed E-state index contributed by atoms with van der Waals surface area (Å²) in [6.45, 7) is 2.27. The fourth-order valence-corrected chi connectivity index (χ4v) is 3.85. The van der Waals surface area contributed by atoms with Crippen LogP contribution in [0.3, 0.4) is 0 Å². The molecular weight excluding hydrogens is 296 g/mol. The molecule has 3 rings (SSSR count). The predicted octanol–water partition coefficient (Wildman–Crippen LogP) is 3.91. The van der Waals surface area contributed by atoms with E-state index in [1.807, 2.05) is 6.20 Å². The molecule has 3 heterocycles. The molecule has 0 spiro atoms. The molecule has 0 N–H and O–H groups in total. The van der Waals surface area contributed by atoms with Gasteiger partial charge in [0, 0.05) is 34.7 Å². The summed E-state index contributed by atoms with van der Waals surface area (Å²) >= 11 is 5.38. The van der Waals surface area contributed by atoms with E-state index < -0.39 is 0 Å². The molecule has 2 aromatic heterocycles. The van der Waals surface area contributed by atoms with E-state index in [1.165, 1.54) is 28.7 Å². The summed E-state index contributed by atoms with van der Waals surface area (Å²) in [4.78, 5) is 7.01. The second kappa shape index (κ2) is 4.94. The van der Waals surface area contributed by atoms with Gasteiger partial charge in [0.2, 0.25) is 0 Å². The maximum absolute atomic E-state index is 4.57. The molecule has 0 amide bonds. The molecule has 0 aliphatic carbocycles. The Morgan fingerprint density at radius 3 is 2.94 bits per heavy atom. The van der Waals surface area contributed by atoms with Crippen LogP contribution in [0.4, 0.5) is 5.82 Å². The fraction of sp³-hybridized carbons (Fsp3) is 0.462. The van der Waals surface area contributed by atoms with Gasteiger partial charge in [-0.3, -0.25) is 0 Å². The first-order valence-electron chi connectivity index (χ1n) is 6.01. The minimum Gasteiger partial charge on any atom is -0.356 e. The Labute approximate surface area is 114 Å². The van der Waals surface area contributed by atoms with E-state index in [9.17, 15) is 0 Å². The number of anilines is 1. The summed E-state index contributed by atoms with van der Waals surface area (Å²) in [5.41, 5.74) is 0. The maximum Gasteiger partial charge on any atom is 0.137 e. The van der Waals surface area contributed by atoms with E-state index in [-0.39, 0.29) is 0 Å². The second-order valence-corrected chi connectivity index (χ2v) is 6.15. The Balaban J connectivity index is 1.87. The van der Waals surface area contributed by atoms with Gasteiger partial charge >= 0.3 is 0 Å². The van der Waals surface area contributed by atoms with Crippen molar-refractivity contribution in [3.8, 4) is 0 Å². The SMILES string of the molecule is BrCC1CCN(c2nccc3sccc23)CC1. The monoisotopic (exact) mass is 310 g/mol. The highest BCUT2D eigenvalue weighted by Gasteiger charge is 2.20. The van der Waals surface area contributed by atoms with Crippen LogP contribution in [-0.2, 0) is 0 Å². The van der Waals surface area contributed by atoms with Gasteiger partial charge in [-0.15, -0.1) is 11.3 Å². The van der Waals surface area contributed by atoms with Crippen LogP contribution in [0.1, 0.15) is 12.8 Å². The predicted molar refractivity (Wildman–Crippen MR) is 78.4 cm³/mol. The Kier molecular flexibility index (Phi) is 3.34. The Hall–Kier alpha value is -0.610. The van der Waals surface area contributed by atoms with Crippen LogP contribution in [0, 0.1) is 5.92 Å². The molecule has 90 valence electrons. The minimum atomic E-state index is 0.841. The molecule has 0 unspecified atom stereocenters. The molecule has 4 heteroatoms. The van der Waals surface area contributed by atoms with Crippen LogP contribution in [-0.4, -0.2) is 23.4 Å². The maximum atomic E-state index is 4.57. The van der Waals surface area contributed by atoms with Gasteiger partial charge in [0.05, 0.1) is 0 Å². The summed E-state index contributed by atoms with van der Waals surface area (Å²) in [7, 11) is 0. The van der Waals surface area contributed by atoms with Gasteiger partial charge in [-0.05, 0) is 36.3 Å². The number of rotatable bonds is 2. The lowest BCUT2D eigenvalue weighted by atomic mass is 9.99. The van der Waals surface area contributed by atoms with E-state index >= 15 is 0 Å². The molecule has 0 bridgehead atoms. The highest BCUT2D eigenvalue weighted by atomic mass is 79.9. The fourth-order valence-electron chi connectivity index (χ4n) is 2.43. The lowest BCUT2D eigenvalue weighted by Gasteiger charge is -2.32. The molecule has 17 heavy (non-hydrogen) atoms. The van der Waals surface area contributed by atoms with Crippen molar-refractivity contribution in [1.29, 1.82) is 0 Å². The number of pyridine rings is 1. The molecule has 1 aliphatic rings. The average Bonchev–Trinajstić information content (AvgIpc) is 2.87. The summed E-state index contributed by atoms with van der Waals surface area (Å²) in [5, 5.41) is 4.60. The minimum absolute atomic E-state index is 0.841. The van der Waals surface area contributed by atoms with Gasteiger partial charge < -0.3 is 4.90 Å². The Morgan fingerprint density at radius 1 is 1.35 bits per heavy atom. The third-order valence-corrected chi connectivity index (χ3v) is 5.29. The summed E-state index contributed by atoms with van der Waals surface area (Å²) in [6, 6.07) is 4.30. The van der Waals surface area contributed by atoms with E-state index in [4.69, 9.17) is 0 Å². The van der Waals surface area contributed by atoms with Crippen LogP contribution in [0.25, 0.3) is 10.1 Å². The molecule has 2 aromatic rings. The molecule has 0 radical (unpaired) electrons. The Bertz CT molecular complexity index is 503. The lowest BCUT2D eigenvalue weighted by molar-refractivity contribution is 0.446. The van der Waals surface area contributed by atoms with E-state index in [0.29, 0.717) is 0 Å². The van der Waals surface area contributed by atoms with Crippen LogP contribution < -0.4 is 4.90 Å². The van der Waals surface area contributed by atoms with Crippen molar-refractivity contribution in [3.05, 3.63) is 23.7 Å². The van der Waals surface area contributed by atoms with E-state index in [0.717, 1.165) is 24.3 Å². The summed E-state index contributed by atoms with van der Waals surface area (Å²) in [6.07, 6.45) is 4.48. The van der Waals surface area contributed by atoms with Gasteiger partial charge in [-0.2, -0.15) is 0 Å². The number of aromatic nitrogens is 1. The highest BCUT2D eigenvalue weighted by molar-refractivity contribution is 9.09. The lowest BCUT2D eigenvalue weighted by Crippen LogP contribution is -2.34. The van der Waals surface area contributed by atoms with Crippen molar-refractivity contribution in [1.82, 2.24) is 4.98 Å². The molecule has 0 aromatic carbocycles. The van der Waals surface area contributed by atoms with Gasteiger partial charge in [0.15, 0.2) is 0 Å². The van der Waals surface area contributed by atoms with Crippen molar-refractivity contribution in [2.75, 3.05) is 23.3 Å². The zero-order valence-corrected chi connectivity index (χ0v) is 12.0. The molecule has 0 saturated carbocycles. The Morgan fingerprint density at radius 2 is 2.18 bits per heavy atom. The van der Waals surface area contributed by atoms with Crippen molar-refractivity contribution in [2.24, 2.45) is 5.92 Å². The first-order chi connectivity index (χ1) is 8.38. The molecule has 1 saturated heterocycles. The van der Waals surface area contributed by atoms with Crippen LogP contribution in [0.2, 0.25) is 0 Å². The largest absolute Gasteiger partial charge is 0.356 e. The number of hydrogen-bond acceptors (Lipinski definition) is 3. The third-order valence-electron chi connectivity index (χ3n) is 3.49. The zero-order chi connectivity index (χ0) is 11.7. The second-order valence-electron chi connectivity index (χ2n) is 4.55. The van der Waals surface area contributed by atoms with Crippen molar-refractivity contribution in [2.45, 2.75) is 12.8 Å². The van der Waals surface area contributed by atoms with Crippen LogP contribution >= 0.6 is 27.3 Å². The van der Waals surface area contributed by atoms with Crippen molar-refractivity contribution in [3.63, 3.8) is 0 Å². The number of hydrogen-bond donors (Lipinski definition) is 0. The number of nitrogens with zero attached hydrogens (tertiary/aromatic N) is 2. The van der Waals surface area contributed by atoms with E-state index in [2.05, 4.69) is 43.3 Å². The molecule has 0 atom stereocenters. The number of thiophene rings is 1. The van der Waals surface area contributed by atoms with Gasteiger partial charge in [0.1, 0.15) is 5.82 Å². The number of halogens is 1. The normalized spacial score (nSPS) is 17.8. The topological polar surface area (TPSA) is 16.1 Å². The van der Waals surface area contributed by atoms with E-state index in [1.54, 1.807) is 11.3 Å². The molecule has 2 nitrogen and oxygen atoms in total. The van der Waals surface area contributed by atoms with Crippen LogP contribution in [0.5, 0.6) is 0 Å². The van der Waals surface area contributed by atoms with Crippen LogP contribution in [0.15, 0.2) is 23.7 Å². The highest BCUT2D eigenvalue weighted by Crippen LogP contribution is 2.31. The van der Waals surface area contributed by atoms with Crippen molar-refractivity contribution < 1.29 is 0 Å². The standard InChI is InChI=1S/C13H15BrN2S/c14-9-10-2-6-16(7-3-10)13-11-4-8-17-12(11)1-5-15-13/h1,4-5,8,10H,2-3,6-7,9H2. The first kappa shape index (κ1) is 11.5. The van der Waals surface area contributed by atoms with Gasteiger partial charge in [-0.25, -0.2) is 4.98 Å². The number of fused-ring (bicyclic) bond motifs is 1. The van der Waals surface area contributed by atoms with Gasteiger partial charge in [-0.1, -0.05) is 15.9 Å². The zero-order valence-electron chi connectivity index (χ0n) is 9.60. The van der Waals surface area contributed by atoms with Crippen molar-refractivity contribution >= 4 is 43.2 Å². The first-order valence-corrected chi connectivity index (χ1v) is 8.01. The van der Waals surface area contributed by atoms with Gasteiger partial charge in [0.25, 0.3) is 0 Å². The summed E-state index contributed by atoms with van der Waals surface area (Å²) < 4.78 is 1.35. The number of alkyl halides is 1. The quantitative estimate of drug-likeness (QED) is 0.782. The molecule has 1 fully saturated rings. The molecular formula is C13H15BrN2S. The summed E-state index contributed by atoms with van der Waals surface area (Å²) in [5.74, 6) is 2.02. The smallest absolute Gasteiger partial charge is 0.137 e. The molecule has 1 aliphatic heterocycles. The number of piperidine rings is 1. The third kappa shape index (κ3) is 2.20. The average molecular weight is 311 g/mol.